The van der Waals surface area contributed by atoms with Gasteiger partial charge in [0.1, 0.15) is 0 Å². The second-order valence-corrected chi connectivity index (χ2v) is 4.91. The Bertz CT molecular complexity index is 234. The van der Waals surface area contributed by atoms with Gasteiger partial charge in [0.05, 0.1) is 0 Å². The molecule has 0 saturated carbocycles. The van der Waals surface area contributed by atoms with E-state index in [-0.39, 0.29) is 12.2 Å². The average molecular weight is 268 g/mol. The molecule has 0 amide bonds. The van der Waals surface area contributed by atoms with Crippen molar-refractivity contribution in [3.05, 3.63) is 0 Å². The predicted molar refractivity (Wildman–Crippen MR) is 64.9 cm³/mol. The number of hydrogen-bond acceptors (Lipinski definition) is 6. The summed E-state index contributed by atoms with van der Waals surface area (Å²) in [5.74, 6) is -1.26. The number of carbonyl (C=O) groups excluding carboxylic acids is 1. The van der Waals surface area contributed by atoms with Gasteiger partial charge in [-0.3, -0.25) is 0 Å². The van der Waals surface area contributed by atoms with Crippen LogP contribution in [-0.4, -0.2) is 58.4 Å². The number of aliphatic hydroxyl groups excluding tert-OH is 1. The fraction of sp³-hybridized carbons (Fsp3) is 0.778. The summed E-state index contributed by atoms with van der Waals surface area (Å²) in [6, 6.07) is 0. The second-order valence-electron chi connectivity index (χ2n) is 3.02. The van der Waals surface area contributed by atoms with Crippen molar-refractivity contribution in [2.24, 2.45) is 0 Å². The zero-order chi connectivity index (χ0) is 12.6. The zero-order valence-electron chi connectivity index (χ0n) is 9.21. The lowest BCUT2D eigenvalue weighted by Gasteiger charge is -2.15. The number of thioether (sulfide) groups is 2. The molecular weight excluding hydrogens is 252 g/mol. The number of ether oxygens (including phenoxy) is 1. The minimum absolute atomic E-state index is 0.177. The summed E-state index contributed by atoms with van der Waals surface area (Å²) in [7, 11) is 0. The van der Waals surface area contributed by atoms with E-state index in [4.69, 9.17) is 9.84 Å². The molecule has 16 heavy (non-hydrogen) atoms. The van der Waals surface area contributed by atoms with E-state index in [2.05, 4.69) is 0 Å². The van der Waals surface area contributed by atoms with Crippen LogP contribution in [-0.2, 0) is 14.3 Å². The number of carboxylic acids is 1. The summed E-state index contributed by atoms with van der Waals surface area (Å²) < 4.78 is 4.69. The van der Waals surface area contributed by atoms with Gasteiger partial charge in [0.2, 0.25) is 6.10 Å². The summed E-state index contributed by atoms with van der Waals surface area (Å²) in [6.45, 7) is 0. The first-order valence-electron chi connectivity index (χ1n) is 4.62. The Balaban J connectivity index is 4.12. The summed E-state index contributed by atoms with van der Waals surface area (Å²) >= 11 is 2.76. The van der Waals surface area contributed by atoms with Crippen molar-refractivity contribution in [3.8, 4) is 0 Å². The highest BCUT2D eigenvalue weighted by molar-refractivity contribution is 7.98. The van der Waals surface area contributed by atoms with Crippen LogP contribution in [0.15, 0.2) is 0 Å². The molecule has 0 spiro atoms. The van der Waals surface area contributed by atoms with Crippen LogP contribution >= 0.6 is 23.5 Å². The highest BCUT2D eigenvalue weighted by Crippen LogP contribution is 2.07. The van der Waals surface area contributed by atoms with E-state index >= 15 is 0 Å². The SMILES string of the molecule is CSCCC(O)C(=O)OC(CSC)C(=O)O. The van der Waals surface area contributed by atoms with Crippen molar-refractivity contribution in [2.75, 3.05) is 24.0 Å². The Labute approximate surface area is 103 Å². The molecule has 0 aliphatic heterocycles. The molecule has 0 aliphatic rings. The lowest BCUT2D eigenvalue weighted by atomic mass is 10.3. The van der Waals surface area contributed by atoms with Crippen molar-refractivity contribution in [3.63, 3.8) is 0 Å². The molecule has 0 saturated heterocycles. The number of hydrogen-bond donors (Lipinski definition) is 2. The number of rotatable bonds is 8. The van der Waals surface area contributed by atoms with Gasteiger partial charge in [0, 0.05) is 5.75 Å². The van der Waals surface area contributed by atoms with Gasteiger partial charge in [0.25, 0.3) is 0 Å². The molecule has 0 aromatic heterocycles. The minimum atomic E-state index is -1.24. The molecule has 0 rings (SSSR count). The van der Waals surface area contributed by atoms with Crippen LogP contribution in [0.4, 0.5) is 0 Å². The molecule has 0 bridgehead atoms. The van der Waals surface area contributed by atoms with Crippen molar-refractivity contribution in [1.29, 1.82) is 0 Å². The smallest absolute Gasteiger partial charge is 0.345 e. The van der Waals surface area contributed by atoms with Crippen LogP contribution in [0, 0.1) is 0 Å². The van der Waals surface area contributed by atoms with Gasteiger partial charge in [-0.25, -0.2) is 9.59 Å². The Kier molecular flexibility index (Phi) is 8.50. The third kappa shape index (κ3) is 6.24. The second kappa shape index (κ2) is 8.72. The van der Waals surface area contributed by atoms with Gasteiger partial charge < -0.3 is 14.9 Å². The van der Waals surface area contributed by atoms with Crippen molar-refractivity contribution in [2.45, 2.75) is 18.6 Å². The molecule has 0 aliphatic carbocycles. The van der Waals surface area contributed by atoms with Gasteiger partial charge >= 0.3 is 11.9 Å². The van der Waals surface area contributed by atoms with Gasteiger partial charge in [-0.2, -0.15) is 23.5 Å². The van der Waals surface area contributed by atoms with Crippen LogP contribution < -0.4 is 0 Å². The Hall–Kier alpha value is -0.400. The van der Waals surface area contributed by atoms with Gasteiger partial charge in [-0.15, -0.1) is 0 Å². The molecular formula is C9H16O5S2. The molecule has 5 nitrogen and oxygen atoms in total. The maximum atomic E-state index is 11.3. The molecule has 0 aromatic rings. The molecule has 0 fully saturated rings. The first-order chi connectivity index (χ1) is 7.52. The molecule has 94 valence electrons. The van der Waals surface area contributed by atoms with Crippen molar-refractivity contribution in [1.82, 2.24) is 0 Å². The molecule has 0 radical (unpaired) electrons. The molecule has 2 atom stereocenters. The Morgan fingerprint density at radius 3 is 2.38 bits per heavy atom. The fourth-order valence-corrected chi connectivity index (χ4v) is 1.85. The van der Waals surface area contributed by atoms with Crippen LogP contribution in [0.3, 0.4) is 0 Å². The van der Waals surface area contributed by atoms with Gasteiger partial charge in [-0.1, -0.05) is 0 Å². The lowest BCUT2D eigenvalue weighted by molar-refractivity contribution is -0.168. The normalized spacial score (nSPS) is 14.2. The van der Waals surface area contributed by atoms with E-state index in [1.165, 1.54) is 23.5 Å². The van der Waals surface area contributed by atoms with Crippen LogP contribution in [0.2, 0.25) is 0 Å². The summed E-state index contributed by atoms with van der Waals surface area (Å²) in [5.41, 5.74) is 0. The molecule has 7 heteroatoms. The number of carbonyl (C=O) groups is 2. The van der Waals surface area contributed by atoms with Crippen molar-refractivity contribution < 1.29 is 24.5 Å². The van der Waals surface area contributed by atoms with Crippen LogP contribution in [0.5, 0.6) is 0 Å². The topological polar surface area (TPSA) is 83.8 Å². The number of carboxylic acid groups (broad SMARTS) is 1. The largest absolute Gasteiger partial charge is 0.478 e. The molecule has 0 aromatic carbocycles. The first kappa shape index (κ1) is 15.6. The predicted octanol–water partition coefficient (Wildman–Crippen LogP) is 0.460. The minimum Gasteiger partial charge on any atom is -0.478 e. The van der Waals surface area contributed by atoms with E-state index < -0.39 is 24.1 Å². The summed E-state index contributed by atoms with van der Waals surface area (Å²) in [5, 5.41) is 18.1. The number of esters is 1. The molecule has 2 N–H and O–H groups in total. The standard InChI is InChI=1S/C9H16O5S2/c1-15-4-3-6(10)9(13)14-7(5-16-2)8(11)12/h6-7,10H,3-5H2,1-2H3,(H,11,12). The quantitative estimate of drug-likeness (QED) is 0.619. The van der Waals surface area contributed by atoms with Crippen LogP contribution in [0.25, 0.3) is 0 Å². The van der Waals surface area contributed by atoms with E-state index in [0.29, 0.717) is 5.75 Å². The first-order valence-corrected chi connectivity index (χ1v) is 7.41. The average Bonchev–Trinajstić information content (AvgIpc) is 2.24. The zero-order valence-corrected chi connectivity index (χ0v) is 10.8. The van der Waals surface area contributed by atoms with Crippen molar-refractivity contribution >= 4 is 35.5 Å². The van der Waals surface area contributed by atoms with E-state index in [1.54, 1.807) is 6.26 Å². The van der Waals surface area contributed by atoms with Crippen LogP contribution in [0.1, 0.15) is 6.42 Å². The lowest BCUT2D eigenvalue weighted by Crippen LogP contribution is -2.34. The Morgan fingerprint density at radius 2 is 1.94 bits per heavy atom. The number of aliphatic hydroxyl groups is 1. The highest BCUT2D eigenvalue weighted by atomic mass is 32.2. The van der Waals surface area contributed by atoms with Gasteiger partial charge in [-0.05, 0) is 24.7 Å². The molecule has 2 unspecified atom stereocenters. The monoisotopic (exact) mass is 268 g/mol. The maximum Gasteiger partial charge on any atom is 0.345 e. The third-order valence-electron chi connectivity index (χ3n) is 1.72. The Morgan fingerprint density at radius 1 is 1.31 bits per heavy atom. The van der Waals surface area contributed by atoms with Gasteiger partial charge in [0.15, 0.2) is 6.10 Å². The highest BCUT2D eigenvalue weighted by Gasteiger charge is 2.25. The molecule has 0 heterocycles. The summed E-state index contributed by atoms with van der Waals surface area (Å²) in [6.07, 6.45) is 1.41. The van der Waals surface area contributed by atoms with E-state index in [9.17, 15) is 14.7 Å². The fourth-order valence-electron chi connectivity index (χ4n) is 0.873. The summed E-state index contributed by atoms with van der Waals surface area (Å²) in [4.78, 5) is 22.0. The third-order valence-corrected chi connectivity index (χ3v) is 3.00. The maximum absolute atomic E-state index is 11.3. The number of aliphatic carboxylic acids is 1. The van der Waals surface area contributed by atoms with E-state index in [1.807, 2.05) is 6.26 Å². The van der Waals surface area contributed by atoms with E-state index in [0.717, 1.165) is 0 Å².